The van der Waals surface area contributed by atoms with Gasteiger partial charge in [0.2, 0.25) is 0 Å². The Labute approximate surface area is 147 Å². The minimum Gasteiger partial charge on any atom is -0.481 e. The largest absolute Gasteiger partial charge is 0.481 e. The highest BCUT2D eigenvalue weighted by atomic mass is 16.4. The zero-order valence-electron chi connectivity index (χ0n) is 14.4. The fraction of sp³-hybridized carbons (Fsp3) is 0.526. The number of carboxylic acids is 2. The number of benzene rings is 1. The molecular formula is C19H25NO5. The minimum absolute atomic E-state index is 0.198. The molecule has 1 saturated carbocycles. The number of rotatable bonds is 9. The monoisotopic (exact) mass is 347 g/mol. The number of nitrogens with one attached hydrogen (secondary N) is 1. The second-order valence-corrected chi connectivity index (χ2v) is 6.69. The molecule has 1 aromatic carbocycles. The minimum atomic E-state index is -1.00. The van der Waals surface area contributed by atoms with Crippen LogP contribution in [0.2, 0.25) is 0 Å². The van der Waals surface area contributed by atoms with E-state index in [4.69, 9.17) is 0 Å². The van der Waals surface area contributed by atoms with Crippen molar-refractivity contribution in [2.24, 2.45) is 11.8 Å². The zero-order chi connectivity index (χ0) is 18.4. The highest BCUT2D eigenvalue weighted by Crippen LogP contribution is 2.33. The summed E-state index contributed by atoms with van der Waals surface area (Å²) in [5.74, 6) is -3.32. The summed E-state index contributed by atoms with van der Waals surface area (Å²) in [6.45, 7) is 1.62. The summed E-state index contributed by atoms with van der Waals surface area (Å²) in [7, 11) is 0. The van der Waals surface area contributed by atoms with E-state index in [0.717, 1.165) is 12.0 Å². The molecule has 0 aliphatic heterocycles. The maximum Gasteiger partial charge on any atom is 0.320 e. The van der Waals surface area contributed by atoms with Gasteiger partial charge in [0.15, 0.2) is 5.78 Å². The van der Waals surface area contributed by atoms with Crippen LogP contribution < -0.4 is 5.32 Å². The van der Waals surface area contributed by atoms with Crippen LogP contribution in [0.4, 0.5) is 0 Å². The van der Waals surface area contributed by atoms with Gasteiger partial charge in [-0.1, -0.05) is 36.8 Å². The van der Waals surface area contributed by atoms with E-state index in [9.17, 15) is 24.6 Å². The molecule has 1 aliphatic rings. The standard InChI is InChI=1S/C19H25NO5/c1-12(17(21)14-8-5-9-15(14)18(22)23)20-16(19(24)25)11-10-13-6-3-2-4-7-13/h2-4,6-7,12,14-16,20H,5,8-11H2,1H3,(H,22,23)(H,24,25). The first-order valence-electron chi connectivity index (χ1n) is 8.69. The van der Waals surface area contributed by atoms with Crippen molar-refractivity contribution in [3.8, 4) is 0 Å². The van der Waals surface area contributed by atoms with Crippen molar-refractivity contribution in [2.45, 2.75) is 51.1 Å². The van der Waals surface area contributed by atoms with E-state index in [0.29, 0.717) is 25.7 Å². The molecule has 0 spiro atoms. The van der Waals surface area contributed by atoms with E-state index < -0.39 is 35.9 Å². The first-order valence-corrected chi connectivity index (χ1v) is 8.69. The molecule has 6 heteroatoms. The van der Waals surface area contributed by atoms with Gasteiger partial charge in [-0.2, -0.15) is 0 Å². The lowest BCUT2D eigenvalue weighted by Gasteiger charge is -2.23. The molecule has 4 unspecified atom stereocenters. The van der Waals surface area contributed by atoms with Crippen molar-refractivity contribution < 1.29 is 24.6 Å². The maximum absolute atomic E-state index is 12.6. The number of hydrogen-bond donors (Lipinski definition) is 3. The van der Waals surface area contributed by atoms with Crippen molar-refractivity contribution in [1.82, 2.24) is 5.32 Å². The molecular weight excluding hydrogens is 322 g/mol. The zero-order valence-corrected chi connectivity index (χ0v) is 14.4. The van der Waals surface area contributed by atoms with Crippen LogP contribution in [-0.4, -0.2) is 40.0 Å². The molecule has 0 heterocycles. The van der Waals surface area contributed by atoms with Gasteiger partial charge < -0.3 is 10.2 Å². The van der Waals surface area contributed by atoms with Gasteiger partial charge in [0, 0.05) is 5.92 Å². The summed E-state index contributed by atoms with van der Waals surface area (Å²) in [6, 6.07) is 8.05. The smallest absolute Gasteiger partial charge is 0.320 e. The van der Waals surface area contributed by atoms with Crippen molar-refractivity contribution in [3.05, 3.63) is 35.9 Å². The molecule has 0 radical (unpaired) electrons. The van der Waals surface area contributed by atoms with Crippen LogP contribution in [0.25, 0.3) is 0 Å². The number of hydrogen-bond acceptors (Lipinski definition) is 4. The molecule has 0 amide bonds. The number of carbonyl (C=O) groups is 3. The number of carboxylic acid groups (broad SMARTS) is 2. The molecule has 25 heavy (non-hydrogen) atoms. The van der Waals surface area contributed by atoms with E-state index in [-0.39, 0.29) is 5.78 Å². The van der Waals surface area contributed by atoms with Crippen LogP contribution in [0.15, 0.2) is 30.3 Å². The van der Waals surface area contributed by atoms with Crippen LogP contribution >= 0.6 is 0 Å². The third-order valence-corrected chi connectivity index (χ3v) is 4.94. The van der Waals surface area contributed by atoms with Gasteiger partial charge in [-0.05, 0) is 38.2 Å². The number of carbonyl (C=O) groups excluding carboxylic acids is 1. The molecule has 1 fully saturated rings. The van der Waals surface area contributed by atoms with E-state index in [1.807, 2.05) is 30.3 Å². The van der Waals surface area contributed by atoms with Crippen LogP contribution in [-0.2, 0) is 20.8 Å². The lowest BCUT2D eigenvalue weighted by molar-refractivity contribution is -0.146. The van der Waals surface area contributed by atoms with Gasteiger partial charge in [0.1, 0.15) is 6.04 Å². The Kier molecular flexibility index (Phi) is 6.70. The van der Waals surface area contributed by atoms with Crippen LogP contribution in [0.3, 0.4) is 0 Å². The van der Waals surface area contributed by atoms with Gasteiger partial charge in [-0.25, -0.2) is 0 Å². The lowest BCUT2D eigenvalue weighted by atomic mass is 9.88. The molecule has 0 bridgehead atoms. The summed E-state index contributed by atoms with van der Waals surface area (Å²) in [5, 5.41) is 21.5. The predicted octanol–water partition coefficient (Wildman–Crippen LogP) is 2.12. The number of Topliss-reactive ketones (excluding diaryl/α,β-unsaturated/α-hetero) is 1. The summed E-state index contributed by atoms with van der Waals surface area (Å²) in [4.78, 5) is 35.3. The van der Waals surface area contributed by atoms with E-state index in [2.05, 4.69) is 5.32 Å². The highest BCUT2D eigenvalue weighted by molar-refractivity contribution is 5.90. The average molecular weight is 347 g/mol. The Morgan fingerprint density at radius 2 is 1.76 bits per heavy atom. The molecule has 1 aliphatic carbocycles. The van der Waals surface area contributed by atoms with Crippen molar-refractivity contribution in [1.29, 1.82) is 0 Å². The Hall–Kier alpha value is -2.21. The van der Waals surface area contributed by atoms with Crippen molar-refractivity contribution in [2.75, 3.05) is 0 Å². The molecule has 136 valence electrons. The normalized spacial score (nSPS) is 22.3. The van der Waals surface area contributed by atoms with Gasteiger partial charge in [0.25, 0.3) is 0 Å². The third kappa shape index (κ3) is 5.13. The van der Waals surface area contributed by atoms with Crippen molar-refractivity contribution in [3.63, 3.8) is 0 Å². The number of ketones is 1. The second kappa shape index (κ2) is 8.76. The molecule has 1 aromatic rings. The first-order chi connectivity index (χ1) is 11.9. The Morgan fingerprint density at radius 1 is 1.12 bits per heavy atom. The summed E-state index contributed by atoms with van der Waals surface area (Å²) in [6.07, 6.45) is 2.74. The Morgan fingerprint density at radius 3 is 2.36 bits per heavy atom. The topological polar surface area (TPSA) is 104 Å². The van der Waals surface area contributed by atoms with Gasteiger partial charge >= 0.3 is 11.9 Å². The van der Waals surface area contributed by atoms with Crippen LogP contribution in [0, 0.1) is 11.8 Å². The fourth-order valence-electron chi connectivity index (χ4n) is 3.53. The molecule has 3 N–H and O–H groups in total. The molecule has 0 aromatic heterocycles. The molecule has 0 saturated heterocycles. The first kappa shape index (κ1) is 19.1. The van der Waals surface area contributed by atoms with Crippen molar-refractivity contribution >= 4 is 17.7 Å². The lowest BCUT2D eigenvalue weighted by Crippen LogP contribution is -2.48. The van der Waals surface area contributed by atoms with E-state index in [1.165, 1.54) is 0 Å². The average Bonchev–Trinajstić information content (AvgIpc) is 3.08. The maximum atomic E-state index is 12.6. The molecule has 6 nitrogen and oxygen atoms in total. The quantitative estimate of drug-likeness (QED) is 0.632. The van der Waals surface area contributed by atoms with Crippen LogP contribution in [0.5, 0.6) is 0 Å². The number of aliphatic carboxylic acids is 2. The van der Waals surface area contributed by atoms with E-state index >= 15 is 0 Å². The second-order valence-electron chi connectivity index (χ2n) is 6.69. The Balaban J connectivity index is 1.95. The summed E-state index contributed by atoms with van der Waals surface area (Å²) in [5.41, 5.74) is 1.04. The predicted molar refractivity (Wildman–Crippen MR) is 92.3 cm³/mol. The molecule has 2 rings (SSSR count). The summed E-state index contributed by atoms with van der Waals surface area (Å²) < 4.78 is 0. The van der Waals surface area contributed by atoms with Gasteiger partial charge in [0.05, 0.1) is 12.0 Å². The molecule has 4 atom stereocenters. The third-order valence-electron chi connectivity index (χ3n) is 4.94. The SMILES string of the molecule is CC(NC(CCc1ccccc1)C(=O)O)C(=O)C1CCCC1C(=O)O. The Bertz CT molecular complexity index is 616. The van der Waals surface area contributed by atoms with Gasteiger partial charge in [-0.15, -0.1) is 0 Å². The number of aryl methyl sites for hydroxylation is 1. The summed E-state index contributed by atoms with van der Waals surface area (Å²) >= 11 is 0. The van der Waals surface area contributed by atoms with Crippen LogP contribution in [0.1, 0.15) is 38.2 Å². The van der Waals surface area contributed by atoms with E-state index in [1.54, 1.807) is 6.92 Å². The van der Waals surface area contributed by atoms with Gasteiger partial charge in [-0.3, -0.25) is 19.7 Å². The highest BCUT2D eigenvalue weighted by Gasteiger charge is 2.39. The fourth-order valence-corrected chi connectivity index (χ4v) is 3.53.